The molecule has 31 heavy (non-hydrogen) atoms. The Morgan fingerprint density at radius 3 is 2.58 bits per heavy atom. The first-order valence-corrected chi connectivity index (χ1v) is 10.7. The minimum absolute atomic E-state index is 0.00186. The van der Waals surface area contributed by atoms with E-state index in [1.54, 1.807) is 0 Å². The molecule has 0 spiro atoms. The highest BCUT2D eigenvalue weighted by molar-refractivity contribution is 6.07. The molecule has 7 heteroatoms. The number of methoxy groups -OCH3 is 1. The van der Waals surface area contributed by atoms with E-state index in [9.17, 15) is 14.4 Å². The quantitative estimate of drug-likeness (QED) is 0.746. The summed E-state index contributed by atoms with van der Waals surface area (Å²) in [6.07, 6.45) is 1.88. The Hall–Kier alpha value is -2.93. The summed E-state index contributed by atoms with van der Waals surface area (Å²) in [4.78, 5) is 39.7. The average molecular weight is 424 g/mol. The van der Waals surface area contributed by atoms with Crippen molar-refractivity contribution in [3.8, 4) is 0 Å². The maximum absolute atomic E-state index is 13.1. The van der Waals surface area contributed by atoms with Gasteiger partial charge in [-0.05, 0) is 36.1 Å². The Bertz CT molecular complexity index is 970. The second-order valence-electron chi connectivity index (χ2n) is 8.42. The molecule has 0 saturated carbocycles. The normalized spacial score (nSPS) is 21.8. The number of nitrogens with zero attached hydrogens (tertiary/aromatic N) is 1. The van der Waals surface area contributed by atoms with E-state index in [-0.39, 0.29) is 30.1 Å². The first-order valence-electron chi connectivity index (χ1n) is 10.7. The van der Waals surface area contributed by atoms with Gasteiger partial charge in [-0.3, -0.25) is 14.4 Å². The van der Waals surface area contributed by atoms with Gasteiger partial charge in [-0.1, -0.05) is 36.4 Å². The molecule has 2 aliphatic heterocycles. The molecule has 2 saturated heterocycles. The number of piperidine rings is 1. The smallest absolute Gasteiger partial charge is 0.307 e. The number of esters is 1. The third-order valence-corrected chi connectivity index (χ3v) is 6.38. The van der Waals surface area contributed by atoms with Gasteiger partial charge in [-0.2, -0.15) is 0 Å². The fraction of sp³-hybridized carbons (Fsp3) is 0.458. The maximum atomic E-state index is 13.1. The van der Waals surface area contributed by atoms with Crippen molar-refractivity contribution in [2.75, 3.05) is 33.4 Å². The van der Waals surface area contributed by atoms with Crippen molar-refractivity contribution in [3.63, 3.8) is 0 Å². The molecule has 7 nitrogen and oxygen atoms in total. The molecule has 2 aliphatic rings. The molecule has 2 fully saturated rings. The van der Waals surface area contributed by atoms with Crippen LogP contribution in [0.4, 0.5) is 0 Å². The zero-order chi connectivity index (χ0) is 21.8. The maximum Gasteiger partial charge on any atom is 0.307 e. The van der Waals surface area contributed by atoms with Crippen LogP contribution in [0, 0.1) is 5.92 Å². The highest BCUT2D eigenvalue weighted by Crippen LogP contribution is 2.27. The van der Waals surface area contributed by atoms with E-state index in [1.807, 2.05) is 47.4 Å². The van der Waals surface area contributed by atoms with E-state index < -0.39 is 5.54 Å². The summed E-state index contributed by atoms with van der Waals surface area (Å²) in [6, 6.07) is 13.6. The minimum Gasteiger partial charge on any atom is -0.469 e. The van der Waals surface area contributed by atoms with E-state index >= 15 is 0 Å². The van der Waals surface area contributed by atoms with Crippen molar-refractivity contribution < 1.29 is 23.9 Å². The number of nitrogens with one attached hydrogen (secondary N) is 1. The van der Waals surface area contributed by atoms with Crippen molar-refractivity contribution in [3.05, 3.63) is 48.0 Å². The summed E-state index contributed by atoms with van der Waals surface area (Å²) < 4.78 is 10.2. The number of fused-ring (bicyclic) bond motifs is 1. The van der Waals surface area contributed by atoms with Crippen molar-refractivity contribution in [1.29, 1.82) is 0 Å². The summed E-state index contributed by atoms with van der Waals surface area (Å²) in [5, 5.41) is 5.04. The summed E-state index contributed by atoms with van der Waals surface area (Å²) in [6.45, 7) is 1.88. The van der Waals surface area contributed by atoms with Crippen molar-refractivity contribution in [2.24, 2.45) is 5.92 Å². The third-order valence-electron chi connectivity index (χ3n) is 6.38. The first kappa shape index (κ1) is 21.3. The Morgan fingerprint density at radius 2 is 1.87 bits per heavy atom. The number of amides is 2. The van der Waals surface area contributed by atoms with Crippen LogP contribution in [0.25, 0.3) is 10.8 Å². The van der Waals surface area contributed by atoms with Gasteiger partial charge in [0.1, 0.15) is 0 Å². The molecule has 1 N–H and O–H groups in total. The Balaban J connectivity index is 1.38. The molecule has 4 rings (SSSR count). The molecule has 0 radical (unpaired) electrons. The van der Waals surface area contributed by atoms with Crippen LogP contribution in [-0.2, 0) is 19.1 Å². The molecule has 2 aromatic rings. The molecular weight excluding hydrogens is 396 g/mol. The molecule has 0 aromatic heterocycles. The van der Waals surface area contributed by atoms with Gasteiger partial charge in [0.25, 0.3) is 5.91 Å². The van der Waals surface area contributed by atoms with Crippen molar-refractivity contribution in [1.82, 2.24) is 10.2 Å². The predicted molar refractivity (Wildman–Crippen MR) is 116 cm³/mol. The van der Waals surface area contributed by atoms with Crippen LogP contribution in [0.5, 0.6) is 0 Å². The number of rotatable bonds is 5. The van der Waals surface area contributed by atoms with E-state index in [0.29, 0.717) is 51.1 Å². The van der Waals surface area contributed by atoms with Crippen LogP contribution in [0.3, 0.4) is 0 Å². The fourth-order valence-corrected chi connectivity index (χ4v) is 4.53. The molecule has 0 bridgehead atoms. The topological polar surface area (TPSA) is 84.9 Å². The van der Waals surface area contributed by atoms with Gasteiger partial charge in [-0.15, -0.1) is 0 Å². The number of carbonyl (C=O) groups excluding carboxylic acids is 3. The first-order chi connectivity index (χ1) is 15.0. The number of hydrogen-bond donors (Lipinski definition) is 1. The number of hydrogen-bond acceptors (Lipinski definition) is 5. The zero-order valence-corrected chi connectivity index (χ0v) is 17.8. The van der Waals surface area contributed by atoms with E-state index in [4.69, 9.17) is 9.47 Å². The van der Waals surface area contributed by atoms with Gasteiger partial charge in [0.2, 0.25) is 5.91 Å². The molecule has 2 heterocycles. The molecule has 0 aliphatic carbocycles. The lowest BCUT2D eigenvalue weighted by atomic mass is 9.90. The largest absolute Gasteiger partial charge is 0.469 e. The lowest BCUT2D eigenvalue weighted by Gasteiger charge is -2.34. The van der Waals surface area contributed by atoms with Gasteiger partial charge in [0, 0.05) is 31.2 Å². The monoisotopic (exact) mass is 424 g/mol. The zero-order valence-electron chi connectivity index (χ0n) is 17.8. The molecular formula is C24H28N2O5. The van der Waals surface area contributed by atoms with E-state index in [0.717, 1.165) is 10.8 Å². The second-order valence-corrected chi connectivity index (χ2v) is 8.42. The second kappa shape index (κ2) is 9.06. The van der Waals surface area contributed by atoms with Crippen LogP contribution in [-0.4, -0.2) is 61.6 Å². The predicted octanol–water partition coefficient (Wildman–Crippen LogP) is 2.53. The van der Waals surface area contributed by atoms with Gasteiger partial charge in [0.05, 0.1) is 25.7 Å². The lowest BCUT2D eigenvalue weighted by Crippen LogP contribution is -2.53. The van der Waals surface area contributed by atoms with Gasteiger partial charge in [-0.25, -0.2) is 0 Å². The Kier molecular flexibility index (Phi) is 6.23. The van der Waals surface area contributed by atoms with Crippen LogP contribution < -0.4 is 5.32 Å². The van der Waals surface area contributed by atoms with E-state index in [2.05, 4.69) is 5.32 Å². The van der Waals surface area contributed by atoms with Crippen molar-refractivity contribution >= 4 is 28.6 Å². The third kappa shape index (κ3) is 4.56. The summed E-state index contributed by atoms with van der Waals surface area (Å²) in [5.41, 5.74) is 0.00114. The van der Waals surface area contributed by atoms with Crippen LogP contribution >= 0.6 is 0 Å². The minimum atomic E-state index is -0.694. The highest BCUT2D eigenvalue weighted by Gasteiger charge is 2.41. The summed E-state index contributed by atoms with van der Waals surface area (Å²) >= 11 is 0. The van der Waals surface area contributed by atoms with Gasteiger partial charge in [0.15, 0.2) is 0 Å². The molecule has 164 valence electrons. The Labute approximate surface area is 181 Å². The number of likely N-dealkylation sites (tertiary alicyclic amines) is 1. The highest BCUT2D eigenvalue weighted by atomic mass is 16.5. The number of ether oxygens (including phenoxy) is 2. The number of benzene rings is 2. The number of carbonyl (C=O) groups is 3. The Morgan fingerprint density at radius 1 is 1.13 bits per heavy atom. The van der Waals surface area contributed by atoms with Crippen LogP contribution in [0.2, 0.25) is 0 Å². The summed E-state index contributed by atoms with van der Waals surface area (Å²) in [7, 11) is 1.34. The van der Waals surface area contributed by atoms with Gasteiger partial charge >= 0.3 is 5.97 Å². The molecule has 2 aromatic carbocycles. The van der Waals surface area contributed by atoms with E-state index in [1.165, 1.54) is 7.11 Å². The van der Waals surface area contributed by atoms with Crippen molar-refractivity contribution in [2.45, 2.75) is 31.2 Å². The lowest BCUT2D eigenvalue weighted by molar-refractivity contribution is -0.143. The van der Waals surface area contributed by atoms with Gasteiger partial charge < -0.3 is 19.7 Å². The van der Waals surface area contributed by atoms with Crippen LogP contribution in [0.15, 0.2) is 42.5 Å². The summed E-state index contributed by atoms with van der Waals surface area (Å²) in [5.74, 6) is -0.623. The standard InChI is InChI=1S/C24H28N2O5/c1-30-21(27)15-24(11-14-31-16-24)25-22(28)18-9-12-26(13-10-18)23(29)20-8-4-6-17-5-2-3-7-19(17)20/h2-8,18H,9-16H2,1H3,(H,25,28)/t24-/m0/s1. The SMILES string of the molecule is COC(=O)C[C@@]1(NC(=O)C2CCN(C(=O)c3cccc4ccccc34)CC2)CCOC1. The average Bonchev–Trinajstić information content (AvgIpc) is 3.25. The fourth-order valence-electron chi connectivity index (χ4n) is 4.53. The molecule has 0 unspecified atom stereocenters. The molecule has 1 atom stereocenters. The van der Waals surface area contributed by atoms with Crippen LogP contribution in [0.1, 0.15) is 36.0 Å². The molecule has 2 amide bonds.